The van der Waals surface area contributed by atoms with Crippen molar-refractivity contribution in [2.45, 2.75) is 6.92 Å². The predicted molar refractivity (Wildman–Crippen MR) is 56.0 cm³/mol. The van der Waals surface area contributed by atoms with Crippen LogP contribution in [0.5, 0.6) is 0 Å². The summed E-state index contributed by atoms with van der Waals surface area (Å²) in [5, 5.41) is 0. The van der Waals surface area contributed by atoms with Crippen molar-refractivity contribution in [3.8, 4) is 0 Å². The molecule has 0 saturated carbocycles. The smallest absolute Gasteiger partial charge is 0.208 e. The molecule has 0 aliphatic heterocycles. The SMILES string of the molecule is CC=C(C(=O)c1ccncc1)N(C)C. The molecule has 0 aliphatic rings. The average Bonchev–Trinajstić information content (AvgIpc) is 2.19. The van der Waals surface area contributed by atoms with Crippen LogP contribution < -0.4 is 0 Å². The van der Waals surface area contributed by atoms with Gasteiger partial charge in [-0.15, -0.1) is 0 Å². The van der Waals surface area contributed by atoms with Crippen LogP contribution in [-0.4, -0.2) is 29.8 Å². The number of nitrogens with zero attached hydrogens (tertiary/aromatic N) is 2. The number of likely N-dealkylation sites (N-methyl/N-ethyl adjacent to an activating group) is 1. The quantitative estimate of drug-likeness (QED) is 0.537. The zero-order valence-electron chi connectivity index (χ0n) is 8.69. The third-order valence-electron chi connectivity index (χ3n) is 1.93. The Kier molecular flexibility index (Phi) is 3.40. The Bertz CT molecular complexity index is 342. The zero-order valence-corrected chi connectivity index (χ0v) is 8.69. The fourth-order valence-electron chi connectivity index (χ4n) is 1.24. The summed E-state index contributed by atoms with van der Waals surface area (Å²) in [6.45, 7) is 1.86. The first-order chi connectivity index (χ1) is 6.66. The lowest BCUT2D eigenvalue weighted by Gasteiger charge is -2.15. The van der Waals surface area contributed by atoms with Gasteiger partial charge >= 0.3 is 0 Å². The van der Waals surface area contributed by atoms with E-state index in [4.69, 9.17) is 0 Å². The van der Waals surface area contributed by atoms with Gasteiger partial charge in [0.2, 0.25) is 5.78 Å². The van der Waals surface area contributed by atoms with Crippen LogP contribution >= 0.6 is 0 Å². The van der Waals surface area contributed by atoms with E-state index in [1.165, 1.54) is 0 Å². The van der Waals surface area contributed by atoms with Gasteiger partial charge in [-0.1, -0.05) is 6.08 Å². The van der Waals surface area contributed by atoms with E-state index in [2.05, 4.69) is 4.98 Å². The Hall–Kier alpha value is -1.64. The minimum Gasteiger partial charge on any atom is -0.375 e. The largest absolute Gasteiger partial charge is 0.375 e. The van der Waals surface area contributed by atoms with Crippen molar-refractivity contribution in [3.05, 3.63) is 41.9 Å². The van der Waals surface area contributed by atoms with Gasteiger partial charge in [-0.25, -0.2) is 0 Å². The maximum absolute atomic E-state index is 11.9. The van der Waals surface area contributed by atoms with Gasteiger partial charge in [0.15, 0.2) is 0 Å². The monoisotopic (exact) mass is 190 g/mol. The van der Waals surface area contributed by atoms with Crippen molar-refractivity contribution in [2.75, 3.05) is 14.1 Å². The van der Waals surface area contributed by atoms with E-state index in [9.17, 15) is 4.79 Å². The van der Waals surface area contributed by atoms with E-state index in [1.807, 2.05) is 32.0 Å². The van der Waals surface area contributed by atoms with Crippen LogP contribution in [-0.2, 0) is 0 Å². The van der Waals surface area contributed by atoms with Gasteiger partial charge in [-0.3, -0.25) is 9.78 Å². The fourth-order valence-corrected chi connectivity index (χ4v) is 1.24. The molecule has 14 heavy (non-hydrogen) atoms. The van der Waals surface area contributed by atoms with E-state index >= 15 is 0 Å². The molecule has 0 aromatic carbocycles. The second kappa shape index (κ2) is 4.56. The Morgan fingerprint density at radius 1 is 1.36 bits per heavy atom. The van der Waals surface area contributed by atoms with Gasteiger partial charge in [-0.2, -0.15) is 0 Å². The molecule has 1 heterocycles. The topological polar surface area (TPSA) is 33.2 Å². The molecule has 74 valence electrons. The normalized spacial score (nSPS) is 11.2. The number of hydrogen-bond donors (Lipinski definition) is 0. The molecule has 0 unspecified atom stereocenters. The number of allylic oxidation sites excluding steroid dienone is 2. The van der Waals surface area contributed by atoms with Crippen molar-refractivity contribution < 1.29 is 4.79 Å². The summed E-state index contributed by atoms with van der Waals surface area (Å²) in [7, 11) is 3.71. The van der Waals surface area contributed by atoms with E-state index in [0.29, 0.717) is 11.3 Å². The Morgan fingerprint density at radius 2 is 1.93 bits per heavy atom. The average molecular weight is 190 g/mol. The highest BCUT2D eigenvalue weighted by Crippen LogP contribution is 2.08. The third kappa shape index (κ3) is 2.19. The maximum Gasteiger partial charge on any atom is 0.208 e. The van der Waals surface area contributed by atoms with E-state index in [1.54, 1.807) is 24.5 Å². The van der Waals surface area contributed by atoms with Crippen molar-refractivity contribution in [1.82, 2.24) is 9.88 Å². The zero-order chi connectivity index (χ0) is 10.6. The van der Waals surface area contributed by atoms with Gasteiger partial charge in [0, 0.05) is 32.1 Å². The lowest BCUT2D eigenvalue weighted by atomic mass is 10.1. The number of Topliss-reactive ketones (excluding diaryl/α,β-unsaturated/α-hetero) is 1. The standard InChI is InChI=1S/C11H14N2O/c1-4-10(13(2)3)11(14)9-5-7-12-8-6-9/h4-8H,1-3H3. The molecule has 0 N–H and O–H groups in total. The van der Waals surface area contributed by atoms with E-state index < -0.39 is 0 Å². The first-order valence-corrected chi connectivity index (χ1v) is 4.45. The molecule has 0 fully saturated rings. The third-order valence-corrected chi connectivity index (χ3v) is 1.93. The second-order valence-electron chi connectivity index (χ2n) is 3.13. The summed E-state index contributed by atoms with van der Waals surface area (Å²) in [6, 6.07) is 3.44. The Morgan fingerprint density at radius 3 is 2.36 bits per heavy atom. The highest BCUT2D eigenvalue weighted by atomic mass is 16.1. The minimum atomic E-state index is 0.0277. The van der Waals surface area contributed by atoms with Crippen molar-refractivity contribution >= 4 is 5.78 Å². The van der Waals surface area contributed by atoms with Gasteiger partial charge < -0.3 is 4.90 Å². The molecule has 1 rings (SSSR count). The minimum absolute atomic E-state index is 0.0277. The van der Waals surface area contributed by atoms with Crippen molar-refractivity contribution in [1.29, 1.82) is 0 Å². The molecule has 1 aromatic rings. The Balaban J connectivity index is 2.96. The van der Waals surface area contributed by atoms with Crippen molar-refractivity contribution in [2.24, 2.45) is 0 Å². The molecule has 1 aromatic heterocycles. The van der Waals surface area contributed by atoms with Crippen LogP contribution in [0.3, 0.4) is 0 Å². The lowest BCUT2D eigenvalue weighted by Crippen LogP contribution is -2.19. The van der Waals surface area contributed by atoms with Crippen LogP contribution in [0.2, 0.25) is 0 Å². The number of carbonyl (C=O) groups excluding carboxylic acids is 1. The number of rotatable bonds is 3. The second-order valence-corrected chi connectivity index (χ2v) is 3.13. The molecule has 3 nitrogen and oxygen atoms in total. The fraction of sp³-hybridized carbons (Fsp3) is 0.273. The molecular weight excluding hydrogens is 176 g/mol. The number of aromatic nitrogens is 1. The summed E-state index contributed by atoms with van der Waals surface area (Å²) in [5.41, 5.74) is 1.36. The molecule has 0 amide bonds. The van der Waals surface area contributed by atoms with Crippen molar-refractivity contribution in [3.63, 3.8) is 0 Å². The summed E-state index contributed by atoms with van der Waals surface area (Å²) in [6.07, 6.45) is 5.05. The van der Waals surface area contributed by atoms with Gasteiger partial charge in [0.25, 0.3) is 0 Å². The molecule has 0 atom stereocenters. The lowest BCUT2D eigenvalue weighted by molar-refractivity contribution is 0.100. The number of hydrogen-bond acceptors (Lipinski definition) is 3. The van der Waals surface area contributed by atoms with Crippen LogP contribution in [0, 0.1) is 0 Å². The predicted octanol–water partition coefficient (Wildman–Crippen LogP) is 1.73. The van der Waals surface area contributed by atoms with Crippen LogP contribution in [0.15, 0.2) is 36.3 Å². The molecule has 0 radical (unpaired) electrons. The molecule has 0 spiro atoms. The number of ketones is 1. The number of carbonyl (C=O) groups is 1. The molecule has 0 bridgehead atoms. The molecule has 3 heteroatoms. The summed E-state index contributed by atoms with van der Waals surface area (Å²) in [5.74, 6) is 0.0277. The molecule has 0 saturated heterocycles. The summed E-state index contributed by atoms with van der Waals surface area (Å²) >= 11 is 0. The van der Waals surface area contributed by atoms with Gasteiger partial charge in [0.1, 0.15) is 0 Å². The van der Waals surface area contributed by atoms with Gasteiger partial charge in [0.05, 0.1) is 5.70 Å². The molecular formula is C11H14N2O. The first kappa shape index (κ1) is 10.4. The Labute approximate surface area is 84.1 Å². The van der Waals surface area contributed by atoms with Gasteiger partial charge in [-0.05, 0) is 19.1 Å². The van der Waals surface area contributed by atoms with Crippen LogP contribution in [0.4, 0.5) is 0 Å². The van der Waals surface area contributed by atoms with E-state index in [-0.39, 0.29) is 5.78 Å². The highest BCUT2D eigenvalue weighted by Gasteiger charge is 2.12. The van der Waals surface area contributed by atoms with E-state index in [0.717, 1.165) is 0 Å². The number of pyridine rings is 1. The maximum atomic E-state index is 11.9. The van der Waals surface area contributed by atoms with Crippen LogP contribution in [0.1, 0.15) is 17.3 Å². The highest BCUT2D eigenvalue weighted by molar-refractivity contribution is 6.08. The van der Waals surface area contributed by atoms with Crippen LogP contribution in [0.25, 0.3) is 0 Å². The summed E-state index contributed by atoms with van der Waals surface area (Å²) < 4.78 is 0. The first-order valence-electron chi connectivity index (χ1n) is 4.45. The summed E-state index contributed by atoms with van der Waals surface area (Å²) in [4.78, 5) is 17.6. The molecule has 0 aliphatic carbocycles.